The maximum Gasteiger partial charge on any atom is 0.343 e. The number of aromatic nitrogens is 1. The number of nitro groups is 1. The molecule has 0 atom stereocenters. The number of amides is 1. The first kappa shape index (κ1) is 11.8. The molecule has 0 fully saturated rings. The molecule has 1 aromatic rings. The third kappa shape index (κ3) is 1.87. The third-order valence-electron chi connectivity index (χ3n) is 1.77. The van der Waals surface area contributed by atoms with Gasteiger partial charge in [-0.25, -0.2) is 8.78 Å². The average molecular weight is 233 g/mol. The molecule has 1 aromatic heterocycles. The lowest BCUT2D eigenvalue weighted by atomic mass is 10.1. The quantitative estimate of drug-likeness (QED) is 0.576. The highest BCUT2D eigenvalue weighted by atomic mass is 19.3. The minimum Gasteiger partial charge on any atom is -0.366 e. The zero-order valence-electron chi connectivity index (χ0n) is 7.57. The molecule has 1 rings (SSSR count). The summed E-state index contributed by atoms with van der Waals surface area (Å²) in [5.74, 6) is -1.28. The number of hydrogen-bond acceptors (Lipinski definition) is 4. The van der Waals surface area contributed by atoms with Crippen molar-refractivity contribution in [2.75, 3.05) is 0 Å². The molecule has 86 valence electrons. The Morgan fingerprint density at radius 1 is 1.56 bits per heavy atom. The molecule has 0 aromatic carbocycles. The van der Waals surface area contributed by atoms with Crippen LogP contribution in [0.3, 0.4) is 0 Å². The lowest BCUT2D eigenvalue weighted by Gasteiger charge is -2.04. The lowest BCUT2D eigenvalue weighted by Crippen LogP contribution is -2.21. The van der Waals surface area contributed by atoms with Crippen LogP contribution in [0.2, 0.25) is 0 Å². The number of H-pyrrole nitrogens is 1. The van der Waals surface area contributed by atoms with Gasteiger partial charge >= 0.3 is 11.2 Å². The van der Waals surface area contributed by atoms with E-state index >= 15 is 0 Å². The number of alkyl halides is 2. The van der Waals surface area contributed by atoms with Gasteiger partial charge in [-0.05, 0) is 0 Å². The summed E-state index contributed by atoms with van der Waals surface area (Å²) in [6, 6.07) is 0. The van der Waals surface area contributed by atoms with E-state index in [1.54, 1.807) is 4.98 Å². The van der Waals surface area contributed by atoms with Crippen molar-refractivity contribution in [2.24, 2.45) is 5.73 Å². The number of nitrogens with two attached hydrogens (primary N) is 1. The molecule has 0 aliphatic carbocycles. The van der Waals surface area contributed by atoms with Crippen LogP contribution in [0.25, 0.3) is 0 Å². The van der Waals surface area contributed by atoms with E-state index in [1.165, 1.54) is 0 Å². The molecule has 0 saturated heterocycles. The highest BCUT2D eigenvalue weighted by Gasteiger charge is 2.31. The van der Waals surface area contributed by atoms with Crippen LogP contribution in [0.5, 0.6) is 0 Å². The molecule has 0 spiro atoms. The van der Waals surface area contributed by atoms with Crippen LogP contribution in [0, 0.1) is 10.1 Å². The van der Waals surface area contributed by atoms with Gasteiger partial charge in [0.05, 0.1) is 10.5 Å². The normalized spacial score (nSPS) is 10.4. The molecule has 16 heavy (non-hydrogen) atoms. The number of nitrogens with zero attached hydrogens (tertiary/aromatic N) is 1. The van der Waals surface area contributed by atoms with E-state index in [0.29, 0.717) is 6.20 Å². The van der Waals surface area contributed by atoms with Crippen LogP contribution in [0.1, 0.15) is 22.3 Å². The highest BCUT2D eigenvalue weighted by Crippen LogP contribution is 2.28. The first-order chi connectivity index (χ1) is 7.36. The van der Waals surface area contributed by atoms with E-state index in [2.05, 4.69) is 0 Å². The Bertz CT molecular complexity index is 511. The van der Waals surface area contributed by atoms with E-state index in [1.807, 2.05) is 0 Å². The Morgan fingerprint density at radius 2 is 2.12 bits per heavy atom. The largest absolute Gasteiger partial charge is 0.366 e. The number of aromatic amines is 1. The minimum atomic E-state index is -3.34. The summed E-state index contributed by atoms with van der Waals surface area (Å²) in [6.45, 7) is 0. The van der Waals surface area contributed by atoms with Gasteiger partial charge in [-0.2, -0.15) is 0 Å². The predicted molar refractivity (Wildman–Crippen MR) is 47.2 cm³/mol. The second-order valence-electron chi connectivity index (χ2n) is 2.72. The Kier molecular flexibility index (Phi) is 2.97. The van der Waals surface area contributed by atoms with Crippen molar-refractivity contribution < 1.29 is 18.5 Å². The van der Waals surface area contributed by atoms with Gasteiger partial charge in [0, 0.05) is 6.20 Å². The van der Waals surface area contributed by atoms with E-state index in [4.69, 9.17) is 5.73 Å². The zero-order valence-corrected chi connectivity index (χ0v) is 7.57. The molecule has 0 saturated carbocycles. The maximum absolute atomic E-state index is 12.5. The van der Waals surface area contributed by atoms with Crippen LogP contribution < -0.4 is 11.3 Å². The van der Waals surface area contributed by atoms with Crippen LogP contribution in [-0.4, -0.2) is 15.8 Å². The third-order valence-corrected chi connectivity index (χ3v) is 1.77. The van der Waals surface area contributed by atoms with Gasteiger partial charge in [-0.1, -0.05) is 0 Å². The highest BCUT2D eigenvalue weighted by molar-refractivity contribution is 5.95. The second-order valence-corrected chi connectivity index (χ2v) is 2.72. The minimum absolute atomic E-state index is 0.624. The maximum atomic E-state index is 12.5. The SMILES string of the molecule is NC(=O)c1c[nH]c(=O)c([N+](=O)[O-])c1C(F)F. The Labute approximate surface area is 86.0 Å². The predicted octanol–water partition coefficient (Wildman–Crippen LogP) is 0.320. The number of nitrogens with one attached hydrogen (secondary N) is 1. The van der Waals surface area contributed by atoms with Gasteiger partial charge in [-0.15, -0.1) is 0 Å². The summed E-state index contributed by atoms with van der Waals surface area (Å²) in [7, 11) is 0. The van der Waals surface area contributed by atoms with E-state index < -0.39 is 39.6 Å². The molecule has 1 amide bonds. The molecule has 1 heterocycles. The first-order valence-corrected chi connectivity index (χ1v) is 3.84. The first-order valence-electron chi connectivity index (χ1n) is 3.84. The molecular weight excluding hydrogens is 228 g/mol. The van der Waals surface area contributed by atoms with E-state index in [-0.39, 0.29) is 0 Å². The molecule has 0 bridgehead atoms. The van der Waals surface area contributed by atoms with E-state index in [9.17, 15) is 28.5 Å². The fourth-order valence-electron chi connectivity index (χ4n) is 1.14. The van der Waals surface area contributed by atoms with Gasteiger partial charge in [-0.3, -0.25) is 19.7 Å². The number of rotatable bonds is 3. The van der Waals surface area contributed by atoms with Crippen molar-refractivity contribution in [1.29, 1.82) is 0 Å². The summed E-state index contributed by atoms with van der Waals surface area (Å²) in [5, 5.41) is 10.4. The van der Waals surface area contributed by atoms with Crippen molar-refractivity contribution in [3.8, 4) is 0 Å². The van der Waals surface area contributed by atoms with Crippen molar-refractivity contribution in [1.82, 2.24) is 4.98 Å². The Balaban J connectivity index is 3.70. The second kappa shape index (κ2) is 4.04. The zero-order chi connectivity index (χ0) is 12.5. The van der Waals surface area contributed by atoms with Crippen molar-refractivity contribution in [3.05, 3.63) is 37.8 Å². The van der Waals surface area contributed by atoms with Gasteiger partial charge in [0.2, 0.25) is 0 Å². The van der Waals surface area contributed by atoms with Gasteiger partial charge in [0.1, 0.15) is 5.56 Å². The lowest BCUT2D eigenvalue weighted by molar-refractivity contribution is -0.387. The number of halogens is 2. The molecule has 0 radical (unpaired) electrons. The van der Waals surface area contributed by atoms with Crippen LogP contribution in [-0.2, 0) is 0 Å². The molecule has 0 unspecified atom stereocenters. The van der Waals surface area contributed by atoms with Gasteiger partial charge in [0.25, 0.3) is 12.3 Å². The van der Waals surface area contributed by atoms with Gasteiger partial charge < -0.3 is 10.7 Å². The Hall–Kier alpha value is -2.32. The summed E-state index contributed by atoms with van der Waals surface area (Å²) in [4.78, 5) is 32.7. The molecule has 0 aliphatic rings. The molecule has 3 N–H and O–H groups in total. The summed E-state index contributed by atoms with van der Waals surface area (Å²) in [5.41, 5.74) is 0.0316. The van der Waals surface area contributed by atoms with Crippen LogP contribution in [0.4, 0.5) is 14.5 Å². The smallest absolute Gasteiger partial charge is 0.343 e. The molecule has 7 nitrogen and oxygen atoms in total. The fraction of sp³-hybridized carbons (Fsp3) is 0.143. The fourth-order valence-corrected chi connectivity index (χ4v) is 1.14. The molecule has 0 aliphatic heterocycles. The monoisotopic (exact) mass is 233 g/mol. The van der Waals surface area contributed by atoms with Crippen molar-refractivity contribution in [3.63, 3.8) is 0 Å². The number of pyridine rings is 1. The summed E-state index contributed by atoms with van der Waals surface area (Å²) >= 11 is 0. The van der Waals surface area contributed by atoms with Gasteiger partial charge in [0.15, 0.2) is 0 Å². The molecular formula is C7H5F2N3O4. The number of carbonyl (C=O) groups excluding carboxylic acids is 1. The summed E-state index contributed by atoms with van der Waals surface area (Å²) in [6.07, 6.45) is -2.72. The molecule has 9 heteroatoms. The number of carbonyl (C=O) groups is 1. The number of hydrogen-bond donors (Lipinski definition) is 2. The van der Waals surface area contributed by atoms with Crippen LogP contribution >= 0.6 is 0 Å². The number of primary amides is 1. The Morgan fingerprint density at radius 3 is 2.50 bits per heavy atom. The van der Waals surface area contributed by atoms with Crippen molar-refractivity contribution in [2.45, 2.75) is 6.43 Å². The van der Waals surface area contributed by atoms with E-state index in [0.717, 1.165) is 0 Å². The average Bonchev–Trinajstić information content (AvgIpc) is 2.15. The topological polar surface area (TPSA) is 119 Å². The standard InChI is InChI=1S/C7H5F2N3O4/c8-5(9)3-2(6(10)13)1-11-7(14)4(3)12(15)16/h1,5H,(H2,10,13)(H,11,14). The van der Waals surface area contributed by atoms with Crippen molar-refractivity contribution >= 4 is 11.6 Å². The van der Waals surface area contributed by atoms with Crippen LogP contribution in [0.15, 0.2) is 11.0 Å². The summed E-state index contributed by atoms with van der Waals surface area (Å²) < 4.78 is 25.0.